The predicted octanol–water partition coefficient (Wildman–Crippen LogP) is 2.44. The Morgan fingerprint density at radius 1 is 1.24 bits per heavy atom. The Hall–Kier alpha value is -1.27. The van der Waals surface area contributed by atoms with E-state index in [4.69, 9.17) is 11.6 Å². The summed E-state index contributed by atoms with van der Waals surface area (Å²) < 4.78 is 38.1. The number of fused-ring (bicyclic) bond motifs is 3. The van der Waals surface area contributed by atoms with Gasteiger partial charge in [0.15, 0.2) is 0 Å². The summed E-state index contributed by atoms with van der Waals surface area (Å²) in [7, 11) is 0. The van der Waals surface area contributed by atoms with Crippen LogP contribution in [0.15, 0.2) is 23.3 Å². The number of halogens is 4. The summed E-state index contributed by atoms with van der Waals surface area (Å²) >= 11 is 5.94. The Balaban J connectivity index is 1.79. The summed E-state index contributed by atoms with van der Waals surface area (Å²) in [5.74, 6) is 0.458. The van der Waals surface area contributed by atoms with E-state index in [-0.39, 0.29) is 10.7 Å². The number of nitrogens with one attached hydrogen (secondary N) is 2. The topological polar surface area (TPSA) is 28.8 Å². The fourth-order valence-electron chi connectivity index (χ4n) is 2.99. The number of rotatable bonds is 2. The third-order valence-electron chi connectivity index (χ3n) is 4.21. The molecule has 1 aromatic rings. The predicted molar refractivity (Wildman–Crippen MR) is 75.8 cm³/mol. The molecule has 3 heterocycles. The summed E-state index contributed by atoms with van der Waals surface area (Å²) in [6.45, 7) is 3.19. The molecule has 3 aliphatic rings. The van der Waals surface area contributed by atoms with Gasteiger partial charge < -0.3 is 4.90 Å². The van der Waals surface area contributed by atoms with Crippen molar-refractivity contribution in [2.45, 2.75) is 19.0 Å². The van der Waals surface area contributed by atoms with Gasteiger partial charge in [-0.3, -0.25) is 5.43 Å². The number of benzene rings is 1. The first-order valence-electron chi connectivity index (χ1n) is 6.96. The van der Waals surface area contributed by atoms with E-state index < -0.39 is 11.7 Å². The van der Waals surface area contributed by atoms with Crippen molar-refractivity contribution in [3.63, 3.8) is 0 Å². The number of hydrogen-bond donors (Lipinski definition) is 2. The maximum absolute atomic E-state index is 12.7. The van der Waals surface area contributed by atoms with Gasteiger partial charge in [0.25, 0.3) is 0 Å². The van der Waals surface area contributed by atoms with Crippen LogP contribution >= 0.6 is 11.6 Å². The van der Waals surface area contributed by atoms with E-state index in [9.17, 15) is 13.2 Å². The molecule has 3 saturated heterocycles. The lowest BCUT2D eigenvalue weighted by atomic mass is 9.87. The van der Waals surface area contributed by atoms with Crippen molar-refractivity contribution in [3.05, 3.63) is 28.8 Å². The zero-order chi connectivity index (χ0) is 15.0. The van der Waals surface area contributed by atoms with E-state index in [0.29, 0.717) is 5.92 Å². The molecule has 0 radical (unpaired) electrons. The average Bonchev–Trinajstić information content (AvgIpc) is 2.46. The fraction of sp³-hybridized carbons (Fsp3) is 0.500. The van der Waals surface area contributed by atoms with Crippen LogP contribution in [0.25, 0.3) is 0 Å². The van der Waals surface area contributed by atoms with Gasteiger partial charge in [0.1, 0.15) is 6.54 Å². The first-order valence-corrected chi connectivity index (χ1v) is 7.34. The van der Waals surface area contributed by atoms with Crippen LogP contribution in [0, 0.1) is 5.92 Å². The van der Waals surface area contributed by atoms with E-state index in [1.54, 1.807) is 0 Å². The average molecular weight is 319 g/mol. The number of hydrazone groups is 1. The van der Waals surface area contributed by atoms with Crippen LogP contribution in [0.5, 0.6) is 0 Å². The summed E-state index contributed by atoms with van der Waals surface area (Å²) in [5.41, 5.74) is 3.23. The highest BCUT2D eigenvalue weighted by Crippen LogP contribution is 2.33. The maximum atomic E-state index is 12.7. The van der Waals surface area contributed by atoms with Crippen LogP contribution in [0.3, 0.4) is 0 Å². The molecule has 21 heavy (non-hydrogen) atoms. The van der Waals surface area contributed by atoms with Crippen LogP contribution in [0.1, 0.15) is 18.4 Å². The summed E-state index contributed by atoms with van der Waals surface area (Å²) in [6, 6.07) is 3.22. The summed E-state index contributed by atoms with van der Waals surface area (Å²) in [4.78, 5) is 1.49. The third-order valence-corrected chi connectivity index (χ3v) is 4.54. The Labute approximate surface area is 125 Å². The van der Waals surface area contributed by atoms with Crippen LogP contribution in [0.2, 0.25) is 5.02 Å². The smallest absolute Gasteiger partial charge is 0.330 e. The van der Waals surface area contributed by atoms with Crippen molar-refractivity contribution in [1.29, 1.82) is 0 Å². The molecule has 7 heteroatoms. The zero-order valence-electron chi connectivity index (χ0n) is 11.3. The van der Waals surface area contributed by atoms with Crippen LogP contribution in [-0.4, -0.2) is 25.3 Å². The molecule has 4 rings (SSSR count). The monoisotopic (exact) mass is 318 g/mol. The largest absolute Gasteiger partial charge is 0.416 e. The van der Waals surface area contributed by atoms with Gasteiger partial charge >= 0.3 is 6.18 Å². The normalized spacial score (nSPS) is 27.1. The van der Waals surface area contributed by atoms with E-state index in [1.165, 1.54) is 11.0 Å². The van der Waals surface area contributed by atoms with Crippen molar-refractivity contribution < 1.29 is 18.1 Å². The minimum Gasteiger partial charge on any atom is -0.330 e. The molecule has 0 aromatic heterocycles. The molecule has 0 saturated carbocycles. The Morgan fingerprint density at radius 3 is 2.52 bits per heavy atom. The number of alkyl halides is 3. The van der Waals surface area contributed by atoms with Crippen molar-refractivity contribution in [3.8, 4) is 0 Å². The first kappa shape index (κ1) is 14.7. The van der Waals surface area contributed by atoms with Crippen molar-refractivity contribution in [1.82, 2.24) is 0 Å². The molecule has 0 spiro atoms. The molecular weight excluding hydrogens is 303 g/mol. The lowest BCUT2D eigenvalue weighted by Gasteiger charge is -2.36. The Morgan fingerprint density at radius 2 is 1.95 bits per heavy atom. The number of quaternary nitrogens is 1. The van der Waals surface area contributed by atoms with Crippen molar-refractivity contribution >= 4 is 23.0 Å². The molecule has 3 fully saturated rings. The number of nitrogens with zero attached hydrogens (tertiary/aromatic N) is 1. The highest BCUT2D eigenvalue weighted by Gasteiger charge is 2.34. The molecule has 2 N–H and O–H groups in total. The number of anilines is 1. The highest BCUT2D eigenvalue weighted by molar-refractivity contribution is 6.33. The molecule has 114 valence electrons. The number of hydrogen-bond acceptors (Lipinski definition) is 2. The molecule has 2 bridgehead atoms. The molecule has 0 aliphatic carbocycles. The summed E-state index contributed by atoms with van der Waals surface area (Å²) in [6.07, 6.45) is -2.17. The van der Waals surface area contributed by atoms with Gasteiger partial charge in [0.05, 0.1) is 35.1 Å². The molecule has 0 amide bonds. The minimum atomic E-state index is -4.38. The minimum absolute atomic E-state index is 0.199. The fourth-order valence-corrected chi connectivity index (χ4v) is 3.15. The molecule has 3 nitrogen and oxygen atoms in total. The second-order valence-electron chi connectivity index (χ2n) is 5.61. The number of piperidine rings is 3. The summed E-state index contributed by atoms with van der Waals surface area (Å²) in [5, 5.41) is 4.55. The van der Waals surface area contributed by atoms with Crippen LogP contribution < -0.4 is 10.3 Å². The lowest BCUT2D eigenvalue weighted by molar-refractivity contribution is -0.902. The van der Waals surface area contributed by atoms with Gasteiger partial charge in [-0.2, -0.15) is 18.3 Å². The quantitative estimate of drug-likeness (QED) is 0.806. The zero-order valence-corrected chi connectivity index (χ0v) is 12.1. The van der Waals surface area contributed by atoms with Gasteiger partial charge in [-0.05, 0) is 18.2 Å². The van der Waals surface area contributed by atoms with Crippen LogP contribution in [0.4, 0.5) is 18.9 Å². The van der Waals surface area contributed by atoms with E-state index in [1.807, 2.05) is 0 Å². The lowest BCUT2D eigenvalue weighted by Crippen LogP contribution is -3.16. The first-order chi connectivity index (χ1) is 9.93. The van der Waals surface area contributed by atoms with Gasteiger partial charge in [-0.15, -0.1) is 0 Å². The van der Waals surface area contributed by atoms with E-state index in [0.717, 1.165) is 50.3 Å². The second kappa shape index (κ2) is 5.50. The standard InChI is InChI=1S/C14H15ClF3N3/c15-11-2-1-10(14(16,17)18)7-12(11)19-20-13-8-21-5-3-9(13)4-6-21/h1-2,7,9,19H,3-6,8H2/p+1/b20-13+. The molecule has 0 atom stereocenters. The maximum Gasteiger partial charge on any atom is 0.416 e. The molecule has 1 aromatic carbocycles. The Bertz CT molecular complexity index is 563. The van der Waals surface area contributed by atoms with Gasteiger partial charge in [-0.25, -0.2) is 0 Å². The highest BCUT2D eigenvalue weighted by atomic mass is 35.5. The van der Waals surface area contributed by atoms with Crippen molar-refractivity contribution in [2.75, 3.05) is 25.1 Å². The molecular formula is C14H16ClF3N3+. The van der Waals surface area contributed by atoms with Crippen LogP contribution in [-0.2, 0) is 6.18 Å². The van der Waals surface area contributed by atoms with E-state index in [2.05, 4.69) is 10.5 Å². The van der Waals surface area contributed by atoms with Crippen molar-refractivity contribution in [2.24, 2.45) is 11.0 Å². The van der Waals surface area contributed by atoms with Gasteiger partial charge in [0.2, 0.25) is 0 Å². The van der Waals surface area contributed by atoms with Gasteiger partial charge in [0, 0.05) is 18.8 Å². The van der Waals surface area contributed by atoms with Gasteiger partial charge in [-0.1, -0.05) is 11.6 Å². The third kappa shape index (κ3) is 3.16. The SMILES string of the molecule is FC(F)(F)c1ccc(Cl)c(N/N=C2\C[NH+]3CCC2CC3)c1. The second-order valence-corrected chi connectivity index (χ2v) is 6.02. The Kier molecular flexibility index (Phi) is 3.84. The molecule has 3 aliphatic heterocycles. The van der Waals surface area contributed by atoms with E-state index >= 15 is 0 Å². The molecule has 0 unspecified atom stereocenters.